The molecule has 0 radical (unpaired) electrons. The Morgan fingerprint density at radius 3 is 2.22 bits per heavy atom. The van der Waals surface area contributed by atoms with Crippen LogP contribution in [0.15, 0.2) is 54.6 Å². The average molecular weight is 707 g/mol. The summed E-state index contributed by atoms with van der Waals surface area (Å²) in [6.07, 6.45) is -1.54. The van der Waals surface area contributed by atoms with Gasteiger partial charge in [0.15, 0.2) is 25.5 Å². The Labute approximate surface area is 297 Å². The summed E-state index contributed by atoms with van der Waals surface area (Å²) < 4.78 is 32.0. The molecule has 4 fully saturated rings. The molecule has 8 atom stereocenters. The molecule has 2 bridgehead atoms. The molecular formula is C40H54O9Si. The fourth-order valence-electron chi connectivity index (χ4n) is 8.89. The van der Waals surface area contributed by atoms with Crippen molar-refractivity contribution in [2.24, 2.45) is 22.7 Å². The van der Waals surface area contributed by atoms with Crippen molar-refractivity contribution in [2.45, 2.75) is 121 Å². The van der Waals surface area contributed by atoms with Crippen LogP contribution in [0.5, 0.6) is 5.75 Å². The van der Waals surface area contributed by atoms with Crippen molar-refractivity contribution in [3.8, 4) is 5.75 Å². The predicted octanol–water partition coefficient (Wildman–Crippen LogP) is 6.70. The maximum absolute atomic E-state index is 15.7. The molecule has 1 aliphatic heterocycles. The van der Waals surface area contributed by atoms with E-state index in [9.17, 15) is 14.7 Å². The van der Waals surface area contributed by atoms with Crippen LogP contribution in [0.2, 0.25) is 18.1 Å². The van der Waals surface area contributed by atoms with Crippen LogP contribution in [-0.4, -0.2) is 74.2 Å². The van der Waals surface area contributed by atoms with Gasteiger partial charge in [0.2, 0.25) is 0 Å². The summed E-state index contributed by atoms with van der Waals surface area (Å²) >= 11 is 0. The van der Waals surface area contributed by atoms with Crippen molar-refractivity contribution in [1.29, 1.82) is 0 Å². The fraction of sp³-hybridized carbons (Fsp3) is 0.625. The number of rotatable bonds is 8. The van der Waals surface area contributed by atoms with Crippen LogP contribution in [0, 0.1) is 22.7 Å². The normalized spacial score (nSPS) is 35.1. The van der Waals surface area contributed by atoms with E-state index in [-0.39, 0.29) is 23.8 Å². The molecule has 1 spiro atoms. The van der Waals surface area contributed by atoms with Crippen molar-refractivity contribution in [3.05, 3.63) is 65.7 Å². The van der Waals surface area contributed by atoms with E-state index in [1.54, 1.807) is 37.4 Å². The number of benzene rings is 2. The first-order valence-electron chi connectivity index (χ1n) is 18.0. The Hall–Kier alpha value is -2.89. The molecule has 9 nitrogen and oxygen atoms in total. The monoisotopic (exact) mass is 706 g/mol. The van der Waals surface area contributed by atoms with E-state index < -0.39 is 72.2 Å². The van der Waals surface area contributed by atoms with Gasteiger partial charge in [-0.3, -0.25) is 9.59 Å². The zero-order valence-electron chi connectivity index (χ0n) is 31.0. The number of ether oxygens (including phenoxy) is 4. The highest BCUT2D eigenvalue weighted by molar-refractivity contribution is 6.74. The molecule has 10 heteroatoms. The van der Waals surface area contributed by atoms with Crippen LogP contribution in [0.3, 0.4) is 0 Å². The Morgan fingerprint density at radius 2 is 1.64 bits per heavy atom. The smallest absolute Gasteiger partial charge is 0.338 e. The van der Waals surface area contributed by atoms with E-state index in [1.165, 1.54) is 0 Å². The van der Waals surface area contributed by atoms with E-state index in [0.717, 1.165) is 5.56 Å². The number of hydrogen-bond acceptors (Lipinski definition) is 9. The van der Waals surface area contributed by atoms with Crippen molar-refractivity contribution < 1.29 is 42.9 Å². The second kappa shape index (κ2) is 12.7. The van der Waals surface area contributed by atoms with Gasteiger partial charge in [-0.1, -0.05) is 65.0 Å². The number of ketones is 2. The van der Waals surface area contributed by atoms with Gasteiger partial charge in [-0.15, -0.1) is 0 Å². The van der Waals surface area contributed by atoms with Gasteiger partial charge in [-0.2, -0.15) is 0 Å². The molecule has 1 heterocycles. The lowest BCUT2D eigenvalue weighted by Crippen LogP contribution is -2.77. The van der Waals surface area contributed by atoms with Crippen molar-refractivity contribution in [2.75, 3.05) is 13.7 Å². The van der Waals surface area contributed by atoms with Gasteiger partial charge >= 0.3 is 5.97 Å². The van der Waals surface area contributed by atoms with Crippen LogP contribution in [0.4, 0.5) is 0 Å². The van der Waals surface area contributed by atoms with E-state index in [1.807, 2.05) is 45.0 Å². The molecule has 0 unspecified atom stereocenters. The van der Waals surface area contributed by atoms with Gasteiger partial charge < -0.3 is 28.5 Å². The van der Waals surface area contributed by atoms with Crippen LogP contribution in [0.25, 0.3) is 0 Å². The number of aliphatic hydroxyl groups is 1. The van der Waals surface area contributed by atoms with Gasteiger partial charge in [0.1, 0.15) is 18.0 Å². The van der Waals surface area contributed by atoms with Gasteiger partial charge in [0.05, 0.1) is 43.0 Å². The lowest BCUT2D eigenvalue weighted by molar-refractivity contribution is -0.248. The number of esters is 1. The Balaban J connectivity index is 1.54. The number of Topliss-reactive ketones (excluding diaryl/α,β-unsaturated/α-hetero) is 2. The van der Waals surface area contributed by atoms with Crippen LogP contribution in [0.1, 0.15) is 83.1 Å². The SMILES string of the molecule is COc1ccc(CO[C@H]2C(=O)[C@]3(C)[C@@H](O[Si](C)(C)C(C)(C)C)CC[C@@]4(CO4)[C@H]3[C@H](OC(=O)c3ccccc3)[C@]3(O)C(=O)CC[C@H]2C3(C)C)cc1. The second-order valence-electron chi connectivity index (χ2n) is 17.2. The van der Waals surface area contributed by atoms with Gasteiger partial charge in [-0.05, 0) is 74.1 Å². The lowest BCUT2D eigenvalue weighted by Gasteiger charge is -2.63. The van der Waals surface area contributed by atoms with E-state index in [0.29, 0.717) is 37.2 Å². The second-order valence-corrected chi connectivity index (χ2v) is 22.0. The standard InChI is InChI=1S/C40H54O9Si/c1-36(2,3)50(8,9)49-30-21-22-39(24-47-39)32-34(48-35(43)26-13-11-10-12-14-26)40(44)29(41)20-19-28(37(40,4)5)31(33(42)38(30,32)6)46-23-25-15-17-27(45-7)18-16-25/h10-18,28,30-32,34,44H,19-24H2,1-9H3/t28-,30+,31-,32+,34+,38-,39-,40-/m1/s1. The minimum Gasteiger partial charge on any atom is -0.497 e. The van der Waals surface area contributed by atoms with Crippen LogP contribution < -0.4 is 4.74 Å². The highest BCUT2D eigenvalue weighted by atomic mass is 28.4. The fourth-order valence-corrected chi connectivity index (χ4v) is 10.3. The minimum atomic E-state index is -2.48. The van der Waals surface area contributed by atoms with Crippen LogP contribution >= 0.6 is 0 Å². The third-order valence-electron chi connectivity index (χ3n) is 13.2. The number of hydrogen-bond donors (Lipinski definition) is 1. The molecule has 1 N–H and O–H groups in total. The maximum atomic E-state index is 15.7. The zero-order valence-corrected chi connectivity index (χ0v) is 32.0. The number of methoxy groups -OCH3 is 1. The molecule has 50 heavy (non-hydrogen) atoms. The first-order valence-corrected chi connectivity index (χ1v) is 20.9. The molecule has 272 valence electrons. The zero-order chi connectivity index (χ0) is 36.5. The highest BCUT2D eigenvalue weighted by Gasteiger charge is 2.78. The Morgan fingerprint density at radius 1 is 1.00 bits per heavy atom. The number of epoxide rings is 1. The number of fused-ring (bicyclic) bond motifs is 4. The number of carbonyl (C=O) groups excluding carboxylic acids is 3. The third kappa shape index (κ3) is 5.79. The summed E-state index contributed by atoms with van der Waals surface area (Å²) in [6.45, 7) is 16.8. The number of carbonyl (C=O) groups is 3. The van der Waals surface area contributed by atoms with E-state index >= 15 is 4.79 Å². The van der Waals surface area contributed by atoms with Gasteiger partial charge in [0.25, 0.3) is 0 Å². The molecule has 4 aliphatic rings. The first-order chi connectivity index (χ1) is 23.3. The third-order valence-corrected chi connectivity index (χ3v) is 17.7. The van der Waals surface area contributed by atoms with Gasteiger partial charge in [-0.25, -0.2) is 4.79 Å². The summed E-state index contributed by atoms with van der Waals surface area (Å²) in [5.41, 5.74) is -4.47. The molecule has 6 rings (SSSR count). The predicted molar refractivity (Wildman–Crippen MR) is 190 cm³/mol. The molecule has 1 saturated heterocycles. The maximum Gasteiger partial charge on any atom is 0.338 e. The lowest BCUT2D eigenvalue weighted by atomic mass is 9.45. The van der Waals surface area contributed by atoms with Crippen LogP contribution in [-0.2, 0) is 34.8 Å². The molecule has 3 aliphatic carbocycles. The van der Waals surface area contributed by atoms with Gasteiger partial charge in [0, 0.05) is 23.7 Å². The minimum absolute atomic E-state index is 0.0147. The van der Waals surface area contributed by atoms with E-state index in [2.05, 4.69) is 33.9 Å². The van der Waals surface area contributed by atoms with Crippen molar-refractivity contribution >= 4 is 25.9 Å². The molecule has 2 aromatic rings. The summed E-state index contributed by atoms with van der Waals surface area (Å²) in [4.78, 5) is 44.1. The summed E-state index contributed by atoms with van der Waals surface area (Å²) in [7, 11) is -0.873. The summed E-state index contributed by atoms with van der Waals surface area (Å²) in [6, 6.07) is 16.1. The van der Waals surface area contributed by atoms with Crippen molar-refractivity contribution in [1.82, 2.24) is 0 Å². The first kappa shape index (κ1) is 36.9. The van der Waals surface area contributed by atoms with Crippen molar-refractivity contribution in [3.63, 3.8) is 0 Å². The summed E-state index contributed by atoms with van der Waals surface area (Å²) in [5, 5.41) is 13.0. The van der Waals surface area contributed by atoms with E-state index in [4.69, 9.17) is 23.4 Å². The molecule has 0 amide bonds. The largest absolute Gasteiger partial charge is 0.497 e. The Kier molecular flexibility index (Phi) is 9.33. The topological polar surface area (TPSA) is 121 Å². The quantitative estimate of drug-likeness (QED) is 0.182. The highest BCUT2D eigenvalue weighted by Crippen LogP contribution is 2.65. The molecule has 3 saturated carbocycles. The summed E-state index contributed by atoms with van der Waals surface area (Å²) in [5.74, 6) is -1.98. The Bertz CT molecular complexity index is 1610. The molecule has 0 aromatic heterocycles. The average Bonchev–Trinajstić information content (AvgIpc) is 3.84. The molecular weight excluding hydrogens is 653 g/mol. The molecule has 2 aromatic carbocycles.